The van der Waals surface area contributed by atoms with Crippen molar-refractivity contribution in [2.75, 3.05) is 0 Å². The van der Waals surface area contributed by atoms with Gasteiger partial charge in [0.05, 0.1) is 24.2 Å². The van der Waals surface area contributed by atoms with Crippen molar-refractivity contribution in [1.29, 1.82) is 0 Å². The summed E-state index contributed by atoms with van der Waals surface area (Å²) in [6, 6.07) is -0.236. The van der Waals surface area contributed by atoms with Gasteiger partial charge in [0.1, 0.15) is 0 Å². The lowest BCUT2D eigenvalue weighted by atomic mass is 9.84. The van der Waals surface area contributed by atoms with Gasteiger partial charge in [-0.15, -0.1) is 13.2 Å². The molecule has 0 spiro atoms. The largest absolute Gasteiger partial charge is 0.522 e. The second kappa shape index (κ2) is 7.80. The fraction of sp³-hybridized carbons (Fsp3) is 0.857. The maximum Gasteiger partial charge on any atom is 0.522 e. The van der Waals surface area contributed by atoms with E-state index >= 15 is 0 Å². The molecule has 0 aromatic heterocycles. The first kappa shape index (κ1) is 21.7. The average Bonchev–Trinajstić information content (AvgIpc) is 3.02. The van der Waals surface area contributed by atoms with E-state index in [0.29, 0.717) is 12.8 Å². The summed E-state index contributed by atoms with van der Waals surface area (Å²) in [6.45, 7) is 0. The van der Waals surface area contributed by atoms with Crippen LogP contribution >= 0.6 is 0 Å². The van der Waals surface area contributed by atoms with Gasteiger partial charge in [-0.05, 0) is 25.7 Å². The number of carbonyl (C=O) groups excluding carboxylic acids is 1. The van der Waals surface area contributed by atoms with E-state index < -0.39 is 24.6 Å². The number of nitrogens with two attached hydrogens (primary N) is 1. The molecule has 7 nitrogen and oxygen atoms in total. The Balaban J connectivity index is 0.000000321. The summed E-state index contributed by atoms with van der Waals surface area (Å²) in [5, 5.41) is 9.89. The van der Waals surface area contributed by atoms with Crippen LogP contribution in [0, 0.1) is 5.92 Å². The molecule has 1 amide bonds. The molecule has 0 aromatic carbocycles. The van der Waals surface area contributed by atoms with Crippen LogP contribution in [-0.4, -0.2) is 59.9 Å². The van der Waals surface area contributed by atoms with Gasteiger partial charge in [-0.3, -0.25) is 9.53 Å². The lowest BCUT2D eigenvalue weighted by Crippen LogP contribution is -2.52. The van der Waals surface area contributed by atoms with E-state index in [4.69, 9.17) is 20.4 Å². The van der Waals surface area contributed by atoms with Crippen LogP contribution in [0.4, 0.5) is 26.3 Å². The van der Waals surface area contributed by atoms with E-state index in [9.17, 15) is 31.1 Å². The molecule has 3 rings (SSSR count). The topological polar surface area (TPSA) is 111 Å². The Morgan fingerprint density at radius 2 is 1.59 bits per heavy atom. The molecule has 3 aliphatic rings. The van der Waals surface area contributed by atoms with Gasteiger partial charge in [0.15, 0.2) is 0 Å². The number of fused-ring (bicyclic) bond motifs is 2. The van der Waals surface area contributed by atoms with Gasteiger partial charge < -0.3 is 20.9 Å². The van der Waals surface area contributed by atoms with Gasteiger partial charge in [0.25, 0.3) is 0 Å². The molecule has 0 aromatic rings. The van der Waals surface area contributed by atoms with Gasteiger partial charge in [-0.1, -0.05) is 0 Å². The number of halogens is 6. The predicted molar refractivity (Wildman–Crippen MR) is 75.1 cm³/mol. The van der Waals surface area contributed by atoms with Gasteiger partial charge >= 0.3 is 18.5 Å². The van der Waals surface area contributed by atoms with Crippen LogP contribution in [0.5, 0.6) is 0 Å². The first-order chi connectivity index (χ1) is 12.3. The first-order valence-electron chi connectivity index (χ1n) is 8.02. The first-order valence-corrected chi connectivity index (χ1v) is 8.02. The number of rotatable bonds is 3. The van der Waals surface area contributed by atoms with Crippen molar-refractivity contribution in [1.82, 2.24) is 5.32 Å². The summed E-state index contributed by atoms with van der Waals surface area (Å²) < 4.78 is 77.1. The highest BCUT2D eigenvalue weighted by Gasteiger charge is 2.49. The van der Waals surface area contributed by atoms with Gasteiger partial charge in [0.2, 0.25) is 5.91 Å². The van der Waals surface area contributed by atoms with E-state index in [-0.39, 0.29) is 49.0 Å². The van der Waals surface area contributed by atoms with E-state index in [0.717, 1.165) is 0 Å². The zero-order valence-corrected chi connectivity index (χ0v) is 13.7. The third kappa shape index (κ3) is 5.94. The van der Waals surface area contributed by atoms with Crippen molar-refractivity contribution in [3.63, 3.8) is 0 Å². The summed E-state index contributed by atoms with van der Waals surface area (Å²) in [6.07, 6.45) is -9.05. The van der Waals surface area contributed by atoms with Crippen molar-refractivity contribution >= 4 is 11.9 Å². The fourth-order valence-electron chi connectivity index (χ4n) is 3.25. The van der Waals surface area contributed by atoms with Crippen molar-refractivity contribution in [2.45, 2.75) is 68.6 Å². The number of carbonyl (C=O) groups is 2. The van der Waals surface area contributed by atoms with Crippen molar-refractivity contribution in [3.8, 4) is 0 Å². The molecular weight excluding hydrogens is 390 g/mol. The van der Waals surface area contributed by atoms with E-state index in [1.54, 1.807) is 0 Å². The highest BCUT2D eigenvalue weighted by atomic mass is 19.4. The van der Waals surface area contributed by atoms with Crippen LogP contribution in [0.15, 0.2) is 0 Å². The number of amides is 1. The second-order valence-corrected chi connectivity index (χ2v) is 6.62. The molecule has 4 N–H and O–H groups in total. The zero-order valence-electron chi connectivity index (χ0n) is 13.7. The standard InChI is InChI=1S/C12H17F3N2O3.C2HF3O2/c13-12(14,15)20-6-1-5(2-6)17-11(18)7-3-10-8(16)4-9(7)19-10;3-2(4,5)1(6)7/h5-10H,1-4,16H2,(H,17,18);(H,6,7). The number of carboxylic acids is 1. The highest BCUT2D eigenvalue weighted by molar-refractivity contribution is 5.80. The molecule has 2 heterocycles. The Hall–Kier alpha value is -1.60. The second-order valence-electron chi connectivity index (χ2n) is 6.62. The molecule has 0 radical (unpaired) electrons. The number of carboxylic acid groups (broad SMARTS) is 1. The maximum absolute atomic E-state index is 12.0. The lowest BCUT2D eigenvalue weighted by molar-refractivity contribution is -0.351. The molecule has 1 saturated carbocycles. The summed E-state index contributed by atoms with van der Waals surface area (Å²) in [7, 11) is 0. The molecule has 3 fully saturated rings. The molecule has 2 aliphatic heterocycles. The SMILES string of the molecule is NC1CC2OC1CC2C(=O)NC1CC(OC(F)(F)F)C1.O=C(O)C(F)(F)F. The minimum absolute atomic E-state index is 0.00248. The van der Waals surface area contributed by atoms with Gasteiger partial charge in [0, 0.05) is 12.1 Å². The van der Waals surface area contributed by atoms with Crippen LogP contribution in [0.2, 0.25) is 0 Å². The van der Waals surface area contributed by atoms with Crippen LogP contribution in [0.25, 0.3) is 0 Å². The number of hydrogen-bond donors (Lipinski definition) is 3. The van der Waals surface area contributed by atoms with Crippen LogP contribution in [-0.2, 0) is 19.1 Å². The van der Waals surface area contributed by atoms with E-state index in [1.807, 2.05) is 0 Å². The van der Waals surface area contributed by atoms with Crippen molar-refractivity contribution in [3.05, 3.63) is 0 Å². The number of aliphatic carboxylic acids is 1. The summed E-state index contributed by atoms with van der Waals surface area (Å²) in [5.41, 5.74) is 5.82. The Bertz CT molecular complexity index is 561. The Morgan fingerprint density at radius 1 is 1.04 bits per heavy atom. The zero-order chi connectivity index (χ0) is 20.6. The molecule has 2 bridgehead atoms. The highest BCUT2D eigenvalue weighted by Crippen LogP contribution is 2.39. The molecule has 27 heavy (non-hydrogen) atoms. The van der Waals surface area contributed by atoms with Crippen LogP contribution < -0.4 is 11.1 Å². The number of alkyl halides is 6. The van der Waals surface area contributed by atoms with E-state index in [1.165, 1.54) is 0 Å². The molecular formula is C14H18F6N2O5. The minimum atomic E-state index is -5.08. The number of hydrogen-bond acceptors (Lipinski definition) is 5. The molecule has 4 atom stereocenters. The Morgan fingerprint density at radius 3 is 1.96 bits per heavy atom. The summed E-state index contributed by atoms with van der Waals surface area (Å²) >= 11 is 0. The number of nitrogens with one attached hydrogen (secondary N) is 1. The van der Waals surface area contributed by atoms with Crippen LogP contribution in [0.3, 0.4) is 0 Å². The quantitative estimate of drug-likeness (QED) is 0.608. The van der Waals surface area contributed by atoms with E-state index in [2.05, 4.69) is 10.1 Å². The minimum Gasteiger partial charge on any atom is -0.475 e. The van der Waals surface area contributed by atoms with Crippen molar-refractivity contribution in [2.24, 2.45) is 11.7 Å². The maximum atomic E-state index is 12.0. The Labute approximate surface area is 149 Å². The normalized spacial score (nSPS) is 35.1. The monoisotopic (exact) mass is 408 g/mol. The summed E-state index contributed by atoms with van der Waals surface area (Å²) in [5.74, 6) is -3.12. The number of ether oxygens (including phenoxy) is 2. The Kier molecular flexibility index (Phi) is 6.26. The predicted octanol–water partition coefficient (Wildman–Crippen LogP) is 1.31. The molecule has 1 aliphatic carbocycles. The van der Waals surface area contributed by atoms with Gasteiger partial charge in [-0.2, -0.15) is 13.2 Å². The third-order valence-corrected chi connectivity index (χ3v) is 4.59. The molecule has 13 heteroatoms. The average molecular weight is 408 g/mol. The smallest absolute Gasteiger partial charge is 0.475 e. The molecule has 4 unspecified atom stereocenters. The lowest BCUT2D eigenvalue weighted by Gasteiger charge is -2.36. The van der Waals surface area contributed by atoms with Gasteiger partial charge in [-0.25, -0.2) is 4.79 Å². The summed E-state index contributed by atoms with van der Waals surface area (Å²) in [4.78, 5) is 20.9. The van der Waals surface area contributed by atoms with Crippen molar-refractivity contribution < 1.29 is 50.5 Å². The fourth-order valence-corrected chi connectivity index (χ4v) is 3.25. The third-order valence-electron chi connectivity index (χ3n) is 4.59. The molecule has 156 valence electrons. The van der Waals surface area contributed by atoms with Crippen LogP contribution in [0.1, 0.15) is 25.7 Å². The molecule has 2 saturated heterocycles.